The summed E-state index contributed by atoms with van der Waals surface area (Å²) in [4.78, 5) is 66.8. The number of hydrogen-bond acceptors (Lipinski definition) is 6. The van der Waals surface area contributed by atoms with Crippen molar-refractivity contribution < 1.29 is 37.5 Å². The number of alkyl carbamates (subject to hydrolysis) is 1. The molecule has 4 amide bonds. The number of rotatable bonds is 12. The van der Waals surface area contributed by atoms with Gasteiger partial charge in [0.25, 0.3) is 5.91 Å². The Hall–Kier alpha value is -2.79. The lowest BCUT2D eigenvalue weighted by atomic mass is 9.81. The molecule has 0 aromatic heterocycles. The number of carbonyl (C=O) groups is 5. The second-order valence-corrected chi connectivity index (χ2v) is 12.6. The van der Waals surface area contributed by atoms with Crippen LogP contribution in [0.4, 0.5) is 13.6 Å². The molecule has 0 aromatic rings. The van der Waals surface area contributed by atoms with Gasteiger partial charge in [-0.05, 0) is 70.6 Å². The van der Waals surface area contributed by atoms with E-state index in [-0.39, 0.29) is 37.8 Å². The monoisotopic (exact) mass is 584 g/mol. The van der Waals surface area contributed by atoms with Crippen molar-refractivity contribution in [2.75, 3.05) is 13.1 Å². The van der Waals surface area contributed by atoms with Crippen LogP contribution in [-0.4, -0.2) is 77.2 Å². The van der Waals surface area contributed by atoms with Gasteiger partial charge in [-0.1, -0.05) is 26.7 Å². The Morgan fingerprint density at radius 1 is 1.02 bits per heavy atom. The molecule has 0 bridgehead atoms. The number of amides is 4. The standard InChI is InChI=1S/C29H46F2N4O6/c1-6-28(4,5)41-27(40)34-22(19-10-12-29(30,31)13-11-19)26(39)35-16-17(3)14-21(35)24(37)33-20(15-18-8-9-18)23(36)25(38)32-7-2/h17-22H,6-16H2,1-5H3,(H,32,38)(H,33,37)(H,34,40)/t17-,20?,21?,22?/m1/s1. The van der Waals surface area contributed by atoms with E-state index in [1.165, 1.54) is 4.90 Å². The Morgan fingerprint density at radius 2 is 1.66 bits per heavy atom. The van der Waals surface area contributed by atoms with E-state index in [0.29, 0.717) is 19.3 Å². The van der Waals surface area contributed by atoms with Crippen LogP contribution in [0.25, 0.3) is 0 Å². The van der Waals surface area contributed by atoms with Crippen LogP contribution in [0.3, 0.4) is 0 Å². The second-order valence-electron chi connectivity index (χ2n) is 12.6. The van der Waals surface area contributed by atoms with E-state index in [0.717, 1.165) is 12.8 Å². The molecule has 10 nitrogen and oxygen atoms in total. The van der Waals surface area contributed by atoms with Crippen LogP contribution in [0, 0.1) is 17.8 Å². The fourth-order valence-electron chi connectivity index (χ4n) is 5.57. The van der Waals surface area contributed by atoms with Gasteiger partial charge in [-0.15, -0.1) is 0 Å². The molecular weight excluding hydrogens is 538 g/mol. The van der Waals surface area contributed by atoms with E-state index in [2.05, 4.69) is 16.0 Å². The van der Waals surface area contributed by atoms with Crippen LogP contribution in [0.15, 0.2) is 0 Å². The minimum absolute atomic E-state index is 0.0334. The number of halogens is 2. The quantitative estimate of drug-likeness (QED) is 0.302. The molecule has 3 rings (SSSR count). The summed E-state index contributed by atoms with van der Waals surface area (Å²) >= 11 is 0. The van der Waals surface area contributed by atoms with Crippen LogP contribution in [-0.2, 0) is 23.9 Å². The van der Waals surface area contributed by atoms with Gasteiger partial charge in [0.05, 0.1) is 6.04 Å². The van der Waals surface area contributed by atoms with Crippen LogP contribution >= 0.6 is 0 Å². The largest absolute Gasteiger partial charge is 0.444 e. The summed E-state index contributed by atoms with van der Waals surface area (Å²) < 4.78 is 33.4. The van der Waals surface area contributed by atoms with Gasteiger partial charge in [-0.25, -0.2) is 13.6 Å². The van der Waals surface area contributed by atoms with Crippen molar-refractivity contribution >= 4 is 29.6 Å². The van der Waals surface area contributed by atoms with Crippen LogP contribution in [0.1, 0.15) is 92.4 Å². The van der Waals surface area contributed by atoms with Gasteiger partial charge >= 0.3 is 6.09 Å². The number of hydrogen-bond donors (Lipinski definition) is 3. The summed E-state index contributed by atoms with van der Waals surface area (Å²) in [5, 5.41) is 7.85. The van der Waals surface area contributed by atoms with E-state index < -0.39 is 78.0 Å². The summed E-state index contributed by atoms with van der Waals surface area (Å²) in [6.45, 7) is 9.39. The Kier molecular flexibility index (Phi) is 10.7. The molecule has 1 saturated heterocycles. The molecule has 41 heavy (non-hydrogen) atoms. The number of ether oxygens (including phenoxy) is 1. The highest BCUT2D eigenvalue weighted by Crippen LogP contribution is 2.39. The lowest BCUT2D eigenvalue weighted by Crippen LogP contribution is -2.58. The van der Waals surface area contributed by atoms with Gasteiger partial charge < -0.3 is 25.6 Å². The summed E-state index contributed by atoms with van der Waals surface area (Å²) in [6.07, 6.45) is 1.47. The van der Waals surface area contributed by atoms with Crippen molar-refractivity contribution in [3.8, 4) is 0 Å². The molecule has 232 valence electrons. The Morgan fingerprint density at radius 3 is 2.22 bits per heavy atom. The predicted molar refractivity (Wildman–Crippen MR) is 147 cm³/mol. The fourth-order valence-corrected chi connectivity index (χ4v) is 5.57. The van der Waals surface area contributed by atoms with Gasteiger partial charge in [0, 0.05) is 25.9 Å². The van der Waals surface area contributed by atoms with Crippen molar-refractivity contribution in [1.82, 2.24) is 20.9 Å². The number of carbonyl (C=O) groups excluding carboxylic acids is 5. The Balaban J connectivity index is 1.80. The molecule has 3 fully saturated rings. The molecule has 3 N–H and O–H groups in total. The lowest BCUT2D eigenvalue weighted by molar-refractivity contribution is -0.144. The molecule has 2 saturated carbocycles. The maximum absolute atomic E-state index is 14.0. The molecule has 12 heteroatoms. The highest BCUT2D eigenvalue weighted by molar-refractivity contribution is 6.38. The lowest BCUT2D eigenvalue weighted by Gasteiger charge is -2.37. The fraction of sp³-hybridized carbons (Fsp3) is 0.828. The Labute approximate surface area is 241 Å². The van der Waals surface area contributed by atoms with Crippen molar-refractivity contribution in [1.29, 1.82) is 0 Å². The number of alkyl halides is 2. The van der Waals surface area contributed by atoms with Gasteiger partial charge in [-0.3, -0.25) is 19.2 Å². The summed E-state index contributed by atoms with van der Waals surface area (Å²) in [5.41, 5.74) is -0.797. The second kappa shape index (κ2) is 13.5. The van der Waals surface area contributed by atoms with E-state index in [4.69, 9.17) is 4.74 Å². The first kappa shape index (κ1) is 32.7. The number of ketones is 1. The number of nitrogens with zero attached hydrogens (tertiary/aromatic N) is 1. The van der Waals surface area contributed by atoms with Crippen molar-refractivity contribution in [2.45, 2.75) is 122 Å². The van der Waals surface area contributed by atoms with Gasteiger partial charge in [0.1, 0.15) is 17.7 Å². The zero-order valence-corrected chi connectivity index (χ0v) is 24.9. The number of likely N-dealkylation sites (tertiary alicyclic amines) is 1. The Bertz CT molecular complexity index is 992. The summed E-state index contributed by atoms with van der Waals surface area (Å²) in [6, 6.07) is -3.08. The molecule has 1 heterocycles. The number of likely N-dealkylation sites (N-methyl/N-ethyl adjacent to an activating group) is 1. The molecule has 3 aliphatic rings. The van der Waals surface area contributed by atoms with E-state index >= 15 is 0 Å². The van der Waals surface area contributed by atoms with Gasteiger partial charge in [0.15, 0.2) is 0 Å². The van der Waals surface area contributed by atoms with E-state index in [1.807, 2.05) is 13.8 Å². The smallest absolute Gasteiger partial charge is 0.408 e. The molecule has 0 aromatic carbocycles. The third-order valence-electron chi connectivity index (χ3n) is 8.55. The first-order chi connectivity index (χ1) is 19.2. The first-order valence-corrected chi connectivity index (χ1v) is 15.0. The SMILES string of the molecule is CCNC(=O)C(=O)C(CC1CC1)NC(=O)C1C[C@@H](C)CN1C(=O)C(NC(=O)OC(C)(C)CC)C1CCC(F)(F)CC1. The molecule has 3 unspecified atom stereocenters. The van der Waals surface area contributed by atoms with Crippen LogP contribution in [0.5, 0.6) is 0 Å². The zero-order valence-electron chi connectivity index (χ0n) is 24.9. The molecule has 1 aliphatic heterocycles. The highest BCUT2D eigenvalue weighted by Gasteiger charge is 2.46. The normalized spacial score (nSPS) is 24.2. The van der Waals surface area contributed by atoms with Gasteiger partial charge in [0.2, 0.25) is 23.5 Å². The van der Waals surface area contributed by atoms with Crippen LogP contribution < -0.4 is 16.0 Å². The summed E-state index contributed by atoms with van der Waals surface area (Å²) in [7, 11) is 0. The average molecular weight is 585 g/mol. The predicted octanol–water partition coefficient (Wildman–Crippen LogP) is 3.32. The molecule has 0 radical (unpaired) electrons. The number of nitrogens with one attached hydrogen (secondary N) is 3. The maximum atomic E-state index is 14.0. The van der Waals surface area contributed by atoms with E-state index in [9.17, 15) is 32.8 Å². The molecule has 2 aliphatic carbocycles. The minimum atomic E-state index is -2.83. The topological polar surface area (TPSA) is 134 Å². The van der Waals surface area contributed by atoms with Crippen LogP contribution in [0.2, 0.25) is 0 Å². The van der Waals surface area contributed by atoms with E-state index in [1.54, 1.807) is 20.8 Å². The van der Waals surface area contributed by atoms with Crippen molar-refractivity contribution in [3.05, 3.63) is 0 Å². The molecular formula is C29H46F2N4O6. The average Bonchev–Trinajstić information content (AvgIpc) is 3.63. The summed E-state index contributed by atoms with van der Waals surface area (Å²) in [5.74, 6) is -5.77. The van der Waals surface area contributed by atoms with Crippen molar-refractivity contribution in [2.24, 2.45) is 17.8 Å². The molecule has 0 spiro atoms. The third-order valence-corrected chi connectivity index (χ3v) is 8.55. The molecule has 4 atom stereocenters. The van der Waals surface area contributed by atoms with Gasteiger partial charge in [-0.2, -0.15) is 0 Å². The third kappa shape index (κ3) is 9.10. The zero-order chi connectivity index (χ0) is 30.5. The minimum Gasteiger partial charge on any atom is -0.444 e. The number of Topliss-reactive ketones (excluding diaryl/α,β-unsaturated/α-hetero) is 1. The maximum Gasteiger partial charge on any atom is 0.408 e. The highest BCUT2D eigenvalue weighted by atomic mass is 19.3. The van der Waals surface area contributed by atoms with Crippen molar-refractivity contribution in [3.63, 3.8) is 0 Å². The first-order valence-electron chi connectivity index (χ1n) is 15.0.